The van der Waals surface area contributed by atoms with Crippen molar-refractivity contribution in [1.29, 1.82) is 0 Å². The minimum atomic E-state index is -0.662. The van der Waals surface area contributed by atoms with E-state index < -0.39 is 11.9 Å². The fraction of sp³-hybridized carbons (Fsp3) is 0.778. The Morgan fingerprint density at radius 2 is 2.15 bits per heavy atom. The van der Waals surface area contributed by atoms with Crippen molar-refractivity contribution >= 4 is 0 Å². The van der Waals surface area contributed by atoms with Crippen molar-refractivity contribution in [1.82, 2.24) is 0 Å². The van der Waals surface area contributed by atoms with Gasteiger partial charge in [-0.15, -0.1) is 0 Å². The van der Waals surface area contributed by atoms with Crippen LogP contribution in [0.3, 0.4) is 0 Å². The Morgan fingerprint density at radius 3 is 2.77 bits per heavy atom. The van der Waals surface area contributed by atoms with Crippen molar-refractivity contribution in [3.8, 4) is 0 Å². The lowest BCUT2D eigenvalue weighted by atomic mass is 10.1. The predicted octanol–water partition coefficient (Wildman–Crippen LogP) is -0.200. The van der Waals surface area contributed by atoms with E-state index in [4.69, 9.17) is 14.6 Å². The second-order valence-corrected chi connectivity index (χ2v) is 3.91. The average molecular weight is 186 g/mol. The van der Waals surface area contributed by atoms with E-state index in [0.717, 1.165) is 0 Å². The summed E-state index contributed by atoms with van der Waals surface area (Å²) in [5.74, 6) is -0.662. The lowest BCUT2D eigenvalue weighted by Gasteiger charge is -2.18. The molecule has 0 aromatic rings. The third-order valence-corrected chi connectivity index (χ3v) is 2.40. The highest BCUT2D eigenvalue weighted by Crippen LogP contribution is 2.37. The number of fused-ring (bicyclic) bond motifs is 1. The van der Waals surface area contributed by atoms with Crippen LogP contribution in [0.5, 0.6) is 0 Å². The van der Waals surface area contributed by atoms with Crippen LogP contribution >= 0.6 is 0 Å². The summed E-state index contributed by atoms with van der Waals surface area (Å²) in [6.07, 6.45) is 0.311. The Balaban J connectivity index is 2.19. The molecule has 1 unspecified atom stereocenters. The molecule has 0 aromatic carbocycles. The zero-order valence-corrected chi connectivity index (χ0v) is 7.73. The minimum Gasteiger partial charge on any atom is -0.392 e. The van der Waals surface area contributed by atoms with E-state index in [0.29, 0.717) is 5.57 Å². The summed E-state index contributed by atoms with van der Waals surface area (Å²) in [5.41, 5.74) is 0.711. The molecular formula is C9H14O4. The first-order valence-corrected chi connectivity index (χ1v) is 4.38. The predicted molar refractivity (Wildman–Crippen MR) is 45.0 cm³/mol. The van der Waals surface area contributed by atoms with E-state index in [-0.39, 0.29) is 18.8 Å². The van der Waals surface area contributed by atoms with Gasteiger partial charge in [0.2, 0.25) is 0 Å². The number of hydrogen-bond acceptors (Lipinski definition) is 4. The average Bonchev–Trinajstić information content (AvgIpc) is 2.47. The third kappa shape index (κ3) is 1.40. The molecule has 0 bridgehead atoms. The van der Waals surface area contributed by atoms with Crippen LogP contribution in [0.4, 0.5) is 0 Å². The van der Waals surface area contributed by atoms with Gasteiger partial charge in [-0.1, -0.05) is 0 Å². The number of aliphatic hydroxyl groups excluding tert-OH is 2. The summed E-state index contributed by atoms with van der Waals surface area (Å²) in [6.45, 7) is 3.51. The fourth-order valence-electron chi connectivity index (χ4n) is 1.88. The smallest absolute Gasteiger partial charge is 0.164 e. The molecule has 1 aliphatic heterocycles. The lowest BCUT2D eigenvalue weighted by Crippen LogP contribution is -2.29. The molecule has 3 atom stereocenters. The number of hydrogen-bond donors (Lipinski definition) is 2. The van der Waals surface area contributed by atoms with Crippen LogP contribution in [0, 0.1) is 0 Å². The number of ether oxygens (including phenoxy) is 2. The molecule has 0 spiro atoms. The Hall–Kier alpha value is -0.420. The van der Waals surface area contributed by atoms with Gasteiger partial charge in [-0.05, 0) is 25.5 Å². The normalized spacial score (nSPS) is 41.8. The molecule has 0 aromatic heterocycles. The maximum atomic E-state index is 9.54. The second kappa shape index (κ2) is 2.78. The van der Waals surface area contributed by atoms with Gasteiger partial charge in [0.25, 0.3) is 0 Å². The maximum Gasteiger partial charge on any atom is 0.164 e. The maximum absolute atomic E-state index is 9.54. The highest BCUT2D eigenvalue weighted by atomic mass is 16.8. The van der Waals surface area contributed by atoms with Gasteiger partial charge in [-0.2, -0.15) is 0 Å². The highest BCUT2D eigenvalue weighted by molar-refractivity contribution is 5.24. The molecule has 1 heterocycles. The summed E-state index contributed by atoms with van der Waals surface area (Å²) >= 11 is 0. The molecule has 2 N–H and O–H groups in total. The quantitative estimate of drug-likeness (QED) is 0.557. The van der Waals surface area contributed by atoms with Gasteiger partial charge in [0.15, 0.2) is 5.79 Å². The van der Waals surface area contributed by atoms with Gasteiger partial charge in [0, 0.05) is 0 Å². The molecule has 13 heavy (non-hydrogen) atoms. The van der Waals surface area contributed by atoms with Crippen LogP contribution in [-0.2, 0) is 9.47 Å². The van der Waals surface area contributed by atoms with Crippen molar-refractivity contribution < 1.29 is 19.7 Å². The van der Waals surface area contributed by atoms with E-state index in [9.17, 15) is 5.11 Å². The van der Waals surface area contributed by atoms with E-state index in [1.54, 1.807) is 19.9 Å². The van der Waals surface area contributed by atoms with Crippen LogP contribution in [0.15, 0.2) is 11.6 Å². The highest BCUT2D eigenvalue weighted by Gasteiger charge is 2.49. The molecule has 0 amide bonds. The largest absolute Gasteiger partial charge is 0.392 e. The summed E-state index contributed by atoms with van der Waals surface area (Å²) in [6, 6.07) is 0. The van der Waals surface area contributed by atoms with Gasteiger partial charge in [0.1, 0.15) is 18.3 Å². The van der Waals surface area contributed by atoms with E-state index in [1.807, 2.05) is 0 Å². The van der Waals surface area contributed by atoms with E-state index >= 15 is 0 Å². The fourth-order valence-corrected chi connectivity index (χ4v) is 1.88. The topological polar surface area (TPSA) is 58.9 Å². The first-order chi connectivity index (χ1) is 6.03. The minimum absolute atomic E-state index is 0.0856. The van der Waals surface area contributed by atoms with Crippen molar-refractivity contribution in [2.45, 2.75) is 37.9 Å². The summed E-state index contributed by atoms with van der Waals surface area (Å²) in [4.78, 5) is 0. The van der Waals surface area contributed by atoms with Crippen LogP contribution in [0.1, 0.15) is 13.8 Å². The SMILES string of the molecule is CC1(C)OC2[C@H](O)C=C(CO)[C@@H]2O1. The van der Waals surface area contributed by atoms with E-state index in [1.165, 1.54) is 0 Å². The second-order valence-electron chi connectivity index (χ2n) is 3.91. The summed E-state index contributed by atoms with van der Waals surface area (Å²) < 4.78 is 11.0. The number of rotatable bonds is 1. The molecule has 0 saturated carbocycles. The molecule has 2 rings (SSSR count). The molecule has 1 saturated heterocycles. The van der Waals surface area contributed by atoms with Crippen molar-refractivity contribution in [3.63, 3.8) is 0 Å². The lowest BCUT2D eigenvalue weighted by molar-refractivity contribution is -0.153. The van der Waals surface area contributed by atoms with Gasteiger partial charge in [-0.3, -0.25) is 0 Å². The van der Waals surface area contributed by atoms with E-state index in [2.05, 4.69) is 0 Å². The molecule has 74 valence electrons. The van der Waals surface area contributed by atoms with Crippen LogP contribution in [0.25, 0.3) is 0 Å². The molecule has 0 radical (unpaired) electrons. The standard InChI is InChI=1S/C9H14O4/c1-9(2)12-7-5(4-10)3-6(11)8(7)13-9/h3,6-8,10-11H,4H2,1-2H3/t6-,7+,8?/m1/s1. The zero-order valence-electron chi connectivity index (χ0n) is 7.73. The third-order valence-electron chi connectivity index (χ3n) is 2.40. The molecule has 1 aliphatic carbocycles. The number of aliphatic hydroxyl groups is 2. The van der Waals surface area contributed by atoms with Crippen molar-refractivity contribution in [2.24, 2.45) is 0 Å². The van der Waals surface area contributed by atoms with Crippen LogP contribution in [0.2, 0.25) is 0 Å². The van der Waals surface area contributed by atoms with Gasteiger partial charge in [-0.25, -0.2) is 0 Å². The molecular weight excluding hydrogens is 172 g/mol. The first kappa shape index (κ1) is 9.15. The Labute approximate surface area is 76.8 Å². The van der Waals surface area contributed by atoms with Gasteiger partial charge >= 0.3 is 0 Å². The van der Waals surface area contributed by atoms with Crippen LogP contribution in [-0.4, -0.2) is 40.9 Å². The monoisotopic (exact) mass is 186 g/mol. The molecule has 2 aliphatic rings. The molecule has 1 fully saturated rings. The van der Waals surface area contributed by atoms with Crippen molar-refractivity contribution in [3.05, 3.63) is 11.6 Å². The summed E-state index contributed by atoms with van der Waals surface area (Å²) in [5, 5.41) is 18.5. The first-order valence-electron chi connectivity index (χ1n) is 4.38. The Bertz CT molecular complexity index is 246. The molecule has 4 nitrogen and oxygen atoms in total. The van der Waals surface area contributed by atoms with Crippen molar-refractivity contribution in [2.75, 3.05) is 6.61 Å². The van der Waals surface area contributed by atoms with Gasteiger partial charge in [0.05, 0.1) is 6.61 Å². The zero-order chi connectivity index (χ0) is 9.64. The summed E-state index contributed by atoms with van der Waals surface area (Å²) in [7, 11) is 0. The van der Waals surface area contributed by atoms with Gasteiger partial charge < -0.3 is 19.7 Å². The van der Waals surface area contributed by atoms with Crippen LogP contribution < -0.4 is 0 Å². The Kier molecular flexibility index (Phi) is 1.96. The Morgan fingerprint density at radius 1 is 1.46 bits per heavy atom. The molecule has 4 heteroatoms.